The van der Waals surface area contributed by atoms with Crippen LogP contribution in [0.5, 0.6) is 0 Å². The number of aliphatic hydroxyl groups is 1. The summed E-state index contributed by atoms with van der Waals surface area (Å²) in [4.78, 5) is 30.3. The zero-order chi connectivity index (χ0) is 24.9. The second-order valence-corrected chi connectivity index (χ2v) is 9.73. The van der Waals surface area contributed by atoms with Crippen LogP contribution in [0.25, 0.3) is 10.9 Å². The smallest absolute Gasteiger partial charge is 0.341 e. The third kappa shape index (κ3) is 4.53. The number of aryl methyl sites for hydroxylation is 1. The highest BCUT2D eigenvalue weighted by Crippen LogP contribution is 2.42. The molecule has 1 aromatic carbocycles. The molecule has 186 valence electrons. The van der Waals surface area contributed by atoms with Crippen LogP contribution in [0.3, 0.4) is 0 Å². The molecular formula is C24H27ClFN5O4. The Kier molecular flexibility index (Phi) is 6.29. The first-order valence-electron chi connectivity index (χ1n) is 11.7. The van der Waals surface area contributed by atoms with E-state index in [1.54, 1.807) is 10.8 Å². The Morgan fingerprint density at radius 3 is 2.80 bits per heavy atom. The number of nitrogens with one attached hydrogen (secondary N) is 1. The van der Waals surface area contributed by atoms with Crippen molar-refractivity contribution in [3.8, 4) is 0 Å². The van der Waals surface area contributed by atoms with Crippen LogP contribution in [-0.2, 0) is 6.54 Å². The van der Waals surface area contributed by atoms with Crippen molar-refractivity contribution in [1.29, 1.82) is 0 Å². The van der Waals surface area contributed by atoms with Gasteiger partial charge in [-0.05, 0) is 32.3 Å². The number of nitrogens with zero attached hydrogens (tertiary/aromatic N) is 4. The normalized spacial score (nSPS) is 19.0. The van der Waals surface area contributed by atoms with Gasteiger partial charge in [0.05, 0.1) is 34.3 Å². The lowest BCUT2D eigenvalue weighted by Crippen LogP contribution is -2.39. The zero-order valence-electron chi connectivity index (χ0n) is 19.2. The Morgan fingerprint density at radius 2 is 2.14 bits per heavy atom. The molecule has 3 heterocycles. The number of carboxylic acids is 1. The average molecular weight is 504 g/mol. The van der Waals surface area contributed by atoms with Crippen molar-refractivity contribution in [3.05, 3.63) is 57.1 Å². The minimum atomic E-state index is -1.34. The fraction of sp³-hybridized carbons (Fsp3) is 0.458. The number of fused-ring (bicyclic) bond motifs is 1. The Balaban J connectivity index is 1.37. The molecule has 1 aliphatic carbocycles. The quantitative estimate of drug-likeness (QED) is 0.433. The molecule has 9 nitrogen and oxygen atoms in total. The number of rotatable bonds is 8. The highest BCUT2D eigenvalue weighted by atomic mass is 35.5. The molecule has 11 heteroatoms. The summed E-state index contributed by atoms with van der Waals surface area (Å²) in [5.41, 5.74) is -0.527. The standard InChI is InChI=1S/C24H27ClFN5O4/c1-13-27-5-7-29(13)11-16(32)9-28-14-4-6-30(10-14)22-19(26)8-17-21(20(22)25)31(15-2-3-15)12-18(23(17)33)24(34)35/h5,7-8,12,14-16,28,32H,2-4,6,9-11H2,1H3,(H,34,35). The minimum absolute atomic E-state index is 0.0187. The molecule has 3 N–H and O–H groups in total. The predicted octanol–water partition coefficient (Wildman–Crippen LogP) is 2.56. The van der Waals surface area contributed by atoms with Gasteiger partial charge in [-0.2, -0.15) is 0 Å². The van der Waals surface area contributed by atoms with Crippen LogP contribution in [0.1, 0.15) is 41.5 Å². The molecule has 1 saturated carbocycles. The molecule has 0 radical (unpaired) electrons. The van der Waals surface area contributed by atoms with E-state index in [1.807, 2.05) is 22.6 Å². The molecule has 2 aliphatic rings. The summed E-state index contributed by atoms with van der Waals surface area (Å²) in [7, 11) is 0. The number of carbonyl (C=O) groups is 1. The lowest BCUT2D eigenvalue weighted by molar-refractivity contribution is 0.0694. The lowest BCUT2D eigenvalue weighted by atomic mass is 10.1. The second-order valence-electron chi connectivity index (χ2n) is 9.35. The molecule has 2 unspecified atom stereocenters. The summed E-state index contributed by atoms with van der Waals surface area (Å²) < 4.78 is 18.9. The summed E-state index contributed by atoms with van der Waals surface area (Å²) in [6.07, 6.45) is 6.66. The SMILES string of the molecule is Cc1nccn1CC(O)CNC1CCN(c2c(F)cc3c(=O)c(C(=O)O)cn(C4CC4)c3c2Cl)C1. The molecule has 0 amide bonds. The van der Waals surface area contributed by atoms with Gasteiger partial charge in [-0.25, -0.2) is 14.2 Å². The van der Waals surface area contributed by atoms with E-state index in [2.05, 4.69) is 10.3 Å². The Hall–Kier alpha value is -2.95. The Labute approximate surface area is 205 Å². The van der Waals surface area contributed by atoms with Crippen molar-refractivity contribution in [1.82, 2.24) is 19.4 Å². The lowest BCUT2D eigenvalue weighted by Gasteiger charge is -2.24. The fourth-order valence-electron chi connectivity index (χ4n) is 4.84. The number of imidazole rings is 1. The maximum Gasteiger partial charge on any atom is 0.341 e. The fourth-order valence-corrected chi connectivity index (χ4v) is 5.24. The predicted molar refractivity (Wildman–Crippen MR) is 130 cm³/mol. The zero-order valence-corrected chi connectivity index (χ0v) is 20.0. The number of anilines is 1. The first kappa shape index (κ1) is 23.8. The molecule has 0 spiro atoms. The maximum atomic E-state index is 15.3. The molecule has 1 aliphatic heterocycles. The molecule has 2 aromatic heterocycles. The summed E-state index contributed by atoms with van der Waals surface area (Å²) in [5.74, 6) is -1.16. The average Bonchev–Trinajstić information content (AvgIpc) is 3.42. The van der Waals surface area contributed by atoms with E-state index in [0.29, 0.717) is 31.7 Å². The van der Waals surface area contributed by atoms with E-state index in [0.717, 1.165) is 31.2 Å². The summed E-state index contributed by atoms with van der Waals surface area (Å²) >= 11 is 6.72. The minimum Gasteiger partial charge on any atom is -0.477 e. The maximum absolute atomic E-state index is 15.3. The van der Waals surface area contributed by atoms with Crippen LogP contribution in [-0.4, -0.2) is 62.1 Å². The highest BCUT2D eigenvalue weighted by Gasteiger charge is 2.32. The highest BCUT2D eigenvalue weighted by molar-refractivity contribution is 6.38. The molecule has 0 bridgehead atoms. The van der Waals surface area contributed by atoms with Gasteiger partial charge in [-0.15, -0.1) is 0 Å². The van der Waals surface area contributed by atoms with Gasteiger partial charge < -0.3 is 29.6 Å². The number of carboxylic acid groups (broad SMARTS) is 1. The van der Waals surface area contributed by atoms with Gasteiger partial charge in [-0.3, -0.25) is 4.79 Å². The van der Waals surface area contributed by atoms with Crippen molar-refractivity contribution < 1.29 is 19.4 Å². The van der Waals surface area contributed by atoms with E-state index < -0.39 is 23.3 Å². The molecular weight excluding hydrogens is 477 g/mol. The van der Waals surface area contributed by atoms with Crippen LogP contribution in [0.15, 0.2) is 29.5 Å². The largest absolute Gasteiger partial charge is 0.477 e. The number of aliphatic hydroxyl groups excluding tert-OH is 1. The first-order valence-corrected chi connectivity index (χ1v) is 12.1. The first-order chi connectivity index (χ1) is 16.7. The molecule has 2 atom stereocenters. The number of hydrogen-bond acceptors (Lipinski definition) is 6. The van der Waals surface area contributed by atoms with E-state index >= 15 is 4.39 Å². The van der Waals surface area contributed by atoms with Gasteiger partial charge in [0.15, 0.2) is 0 Å². The second kappa shape index (κ2) is 9.25. The molecule has 35 heavy (non-hydrogen) atoms. The molecule has 5 rings (SSSR count). The van der Waals surface area contributed by atoms with Gasteiger partial charge in [0.25, 0.3) is 0 Å². The van der Waals surface area contributed by atoms with Crippen LogP contribution in [0, 0.1) is 12.7 Å². The third-order valence-corrected chi connectivity index (χ3v) is 7.19. The van der Waals surface area contributed by atoms with Crippen LogP contribution >= 0.6 is 11.6 Å². The summed E-state index contributed by atoms with van der Waals surface area (Å²) in [5, 5.41) is 23.3. The van der Waals surface area contributed by atoms with Gasteiger partial charge in [0, 0.05) is 50.3 Å². The number of hydrogen-bond donors (Lipinski definition) is 3. The number of aromatic nitrogens is 3. The van der Waals surface area contributed by atoms with Gasteiger partial charge >= 0.3 is 5.97 Å². The van der Waals surface area contributed by atoms with Crippen molar-refractivity contribution in [2.75, 3.05) is 24.5 Å². The number of benzene rings is 1. The van der Waals surface area contributed by atoms with E-state index in [1.165, 1.54) is 6.20 Å². The van der Waals surface area contributed by atoms with Gasteiger partial charge in [-0.1, -0.05) is 11.6 Å². The Bertz CT molecular complexity index is 1350. The van der Waals surface area contributed by atoms with Crippen LogP contribution < -0.4 is 15.6 Å². The topological polar surface area (TPSA) is 113 Å². The molecule has 1 saturated heterocycles. The number of halogens is 2. The van der Waals surface area contributed by atoms with E-state index in [9.17, 15) is 19.8 Å². The van der Waals surface area contributed by atoms with Crippen LogP contribution in [0.4, 0.5) is 10.1 Å². The number of pyridine rings is 1. The molecule has 3 aromatic rings. The van der Waals surface area contributed by atoms with Crippen molar-refractivity contribution in [2.45, 2.75) is 50.9 Å². The van der Waals surface area contributed by atoms with Gasteiger partial charge in [0.1, 0.15) is 17.2 Å². The van der Waals surface area contributed by atoms with E-state index in [-0.39, 0.29) is 33.7 Å². The monoisotopic (exact) mass is 503 g/mol. The number of aromatic carboxylic acids is 1. The Morgan fingerprint density at radius 1 is 1.37 bits per heavy atom. The van der Waals surface area contributed by atoms with Crippen molar-refractivity contribution in [2.24, 2.45) is 0 Å². The van der Waals surface area contributed by atoms with Gasteiger partial charge in [0.2, 0.25) is 5.43 Å². The summed E-state index contributed by atoms with van der Waals surface area (Å²) in [6.45, 7) is 3.72. The van der Waals surface area contributed by atoms with Crippen LogP contribution in [0.2, 0.25) is 5.02 Å². The summed E-state index contributed by atoms with van der Waals surface area (Å²) in [6, 6.07) is 1.18. The van der Waals surface area contributed by atoms with E-state index in [4.69, 9.17) is 11.6 Å². The van der Waals surface area contributed by atoms with Crippen molar-refractivity contribution in [3.63, 3.8) is 0 Å². The third-order valence-electron chi connectivity index (χ3n) is 6.83. The molecule has 2 fully saturated rings. The van der Waals surface area contributed by atoms with Crippen molar-refractivity contribution >= 4 is 34.2 Å².